The van der Waals surface area contributed by atoms with Gasteiger partial charge in [-0.25, -0.2) is 9.59 Å². The minimum atomic E-state index is -0.937. The molecule has 2 N–H and O–H groups in total. The summed E-state index contributed by atoms with van der Waals surface area (Å²) >= 11 is 0. The minimum Gasteiger partial charge on any atom is -0.466 e. The van der Waals surface area contributed by atoms with Crippen LogP contribution in [0.5, 0.6) is 0 Å². The van der Waals surface area contributed by atoms with E-state index < -0.39 is 18.0 Å². The molecule has 5 nitrogen and oxygen atoms in total. The van der Waals surface area contributed by atoms with Crippen molar-refractivity contribution in [2.24, 2.45) is 0 Å². The van der Waals surface area contributed by atoms with Crippen molar-refractivity contribution < 1.29 is 19.1 Å². The van der Waals surface area contributed by atoms with E-state index in [4.69, 9.17) is 10.5 Å². The van der Waals surface area contributed by atoms with Gasteiger partial charge < -0.3 is 15.2 Å². The normalized spacial score (nSPS) is 11.7. The molecular weight excluding hydrogens is 222 g/mol. The fourth-order valence-corrected chi connectivity index (χ4v) is 1.31. The lowest BCUT2D eigenvalue weighted by atomic mass is 10.1. The Hall–Kier alpha value is -2.04. The average Bonchev–Trinajstić information content (AvgIpc) is 2.31. The molecule has 0 saturated carbocycles. The first-order valence-electron chi connectivity index (χ1n) is 5.11. The van der Waals surface area contributed by atoms with Gasteiger partial charge in [0.15, 0.2) is 6.10 Å². The van der Waals surface area contributed by atoms with Crippen LogP contribution in [0.25, 0.3) is 0 Å². The maximum absolute atomic E-state index is 11.8. The number of hydrogen-bond donors (Lipinski definition) is 1. The second-order valence-corrected chi connectivity index (χ2v) is 3.59. The Labute approximate surface area is 99.5 Å². The molecule has 0 fully saturated rings. The first-order chi connectivity index (χ1) is 7.97. The number of anilines is 1. The molecule has 0 saturated heterocycles. The van der Waals surface area contributed by atoms with Crippen LogP contribution in [0, 0.1) is 6.92 Å². The third-order valence-electron chi connectivity index (χ3n) is 2.41. The number of carbonyl (C=O) groups excluding carboxylic acids is 2. The summed E-state index contributed by atoms with van der Waals surface area (Å²) in [4.78, 5) is 22.9. The summed E-state index contributed by atoms with van der Waals surface area (Å²) in [6.45, 7) is 3.17. The first kappa shape index (κ1) is 13.0. The number of ether oxygens (including phenoxy) is 2. The SMILES string of the molecule is COC(=O)C(C)OC(=O)c1cccc(N)c1C. The number of nitrogen functional groups attached to an aromatic ring is 1. The molecule has 0 heterocycles. The minimum absolute atomic E-state index is 0.348. The number of rotatable bonds is 3. The summed E-state index contributed by atoms with van der Waals surface area (Å²) in [5.74, 6) is -1.19. The second-order valence-electron chi connectivity index (χ2n) is 3.59. The van der Waals surface area contributed by atoms with Gasteiger partial charge in [0, 0.05) is 5.69 Å². The Morgan fingerprint density at radius 1 is 1.35 bits per heavy atom. The van der Waals surface area contributed by atoms with Gasteiger partial charge in [-0.15, -0.1) is 0 Å². The maximum atomic E-state index is 11.8. The largest absolute Gasteiger partial charge is 0.466 e. The Bertz CT molecular complexity index is 442. The van der Waals surface area contributed by atoms with Crippen LogP contribution >= 0.6 is 0 Å². The molecule has 0 bridgehead atoms. The fourth-order valence-electron chi connectivity index (χ4n) is 1.31. The van der Waals surface area contributed by atoms with Crippen molar-refractivity contribution in [3.05, 3.63) is 29.3 Å². The van der Waals surface area contributed by atoms with E-state index in [0.29, 0.717) is 16.8 Å². The summed E-state index contributed by atoms with van der Waals surface area (Å²) in [5.41, 5.74) is 7.16. The van der Waals surface area contributed by atoms with Gasteiger partial charge in [0.2, 0.25) is 0 Å². The standard InChI is InChI=1S/C12H15NO4/c1-7-9(5-4-6-10(7)13)12(15)17-8(2)11(14)16-3/h4-6,8H,13H2,1-3H3. The Morgan fingerprint density at radius 2 is 2.00 bits per heavy atom. The molecule has 0 amide bonds. The molecule has 1 aromatic carbocycles. The molecule has 1 aromatic rings. The Balaban J connectivity index is 2.84. The number of benzene rings is 1. The average molecular weight is 237 g/mol. The lowest BCUT2D eigenvalue weighted by molar-refractivity contribution is -0.149. The quantitative estimate of drug-likeness (QED) is 0.633. The van der Waals surface area contributed by atoms with Crippen LogP contribution in [0.3, 0.4) is 0 Å². The van der Waals surface area contributed by atoms with Crippen molar-refractivity contribution in [2.45, 2.75) is 20.0 Å². The van der Waals surface area contributed by atoms with Gasteiger partial charge in [0.05, 0.1) is 12.7 Å². The van der Waals surface area contributed by atoms with E-state index in [9.17, 15) is 9.59 Å². The van der Waals surface area contributed by atoms with E-state index in [2.05, 4.69) is 4.74 Å². The van der Waals surface area contributed by atoms with Crippen LogP contribution in [-0.2, 0) is 14.3 Å². The molecule has 0 aliphatic rings. The van der Waals surface area contributed by atoms with Crippen LogP contribution in [0.15, 0.2) is 18.2 Å². The molecule has 0 radical (unpaired) electrons. The monoisotopic (exact) mass is 237 g/mol. The maximum Gasteiger partial charge on any atom is 0.346 e. The lowest BCUT2D eigenvalue weighted by Gasteiger charge is -2.12. The molecule has 0 aliphatic heterocycles. The van der Waals surface area contributed by atoms with Gasteiger partial charge in [-0.3, -0.25) is 0 Å². The Morgan fingerprint density at radius 3 is 2.59 bits per heavy atom. The van der Waals surface area contributed by atoms with Crippen molar-refractivity contribution >= 4 is 17.6 Å². The molecule has 92 valence electrons. The molecule has 0 aliphatic carbocycles. The molecule has 17 heavy (non-hydrogen) atoms. The van der Waals surface area contributed by atoms with Crippen LogP contribution in [-0.4, -0.2) is 25.2 Å². The zero-order valence-corrected chi connectivity index (χ0v) is 10.0. The van der Waals surface area contributed by atoms with E-state index in [-0.39, 0.29) is 0 Å². The highest BCUT2D eigenvalue weighted by atomic mass is 16.6. The zero-order valence-electron chi connectivity index (χ0n) is 10.0. The highest BCUT2D eigenvalue weighted by molar-refractivity contribution is 5.94. The van der Waals surface area contributed by atoms with Gasteiger partial charge in [0.25, 0.3) is 0 Å². The summed E-state index contributed by atoms with van der Waals surface area (Å²) in [6, 6.07) is 4.94. The smallest absolute Gasteiger partial charge is 0.346 e. The van der Waals surface area contributed by atoms with Gasteiger partial charge in [-0.1, -0.05) is 6.07 Å². The predicted octanol–water partition coefficient (Wildman–Crippen LogP) is 1.30. The molecule has 5 heteroatoms. The highest BCUT2D eigenvalue weighted by Crippen LogP contribution is 2.17. The fraction of sp³-hybridized carbons (Fsp3) is 0.333. The highest BCUT2D eigenvalue weighted by Gasteiger charge is 2.20. The van der Waals surface area contributed by atoms with Gasteiger partial charge >= 0.3 is 11.9 Å². The molecule has 1 unspecified atom stereocenters. The third kappa shape index (κ3) is 2.96. The number of esters is 2. The van der Waals surface area contributed by atoms with Crippen LogP contribution in [0.4, 0.5) is 5.69 Å². The second kappa shape index (κ2) is 5.34. The summed E-state index contributed by atoms with van der Waals surface area (Å²) in [6.07, 6.45) is -0.937. The molecule has 1 rings (SSSR count). The summed E-state index contributed by atoms with van der Waals surface area (Å²) < 4.78 is 9.42. The predicted molar refractivity (Wildman–Crippen MR) is 62.5 cm³/mol. The van der Waals surface area contributed by atoms with Crippen LogP contribution < -0.4 is 5.73 Å². The zero-order chi connectivity index (χ0) is 13.0. The number of hydrogen-bond acceptors (Lipinski definition) is 5. The van der Waals surface area contributed by atoms with E-state index in [0.717, 1.165) is 0 Å². The number of nitrogens with two attached hydrogens (primary N) is 1. The number of methoxy groups -OCH3 is 1. The van der Waals surface area contributed by atoms with E-state index in [1.807, 2.05) is 0 Å². The van der Waals surface area contributed by atoms with E-state index in [1.54, 1.807) is 25.1 Å². The van der Waals surface area contributed by atoms with Crippen molar-refractivity contribution in [1.82, 2.24) is 0 Å². The molecule has 0 aromatic heterocycles. The van der Waals surface area contributed by atoms with Crippen molar-refractivity contribution in [3.8, 4) is 0 Å². The first-order valence-corrected chi connectivity index (χ1v) is 5.11. The molecular formula is C12H15NO4. The van der Waals surface area contributed by atoms with E-state index >= 15 is 0 Å². The van der Waals surface area contributed by atoms with Crippen LogP contribution in [0.1, 0.15) is 22.8 Å². The van der Waals surface area contributed by atoms with Crippen LogP contribution in [0.2, 0.25) is 0 Å². The van der Waals surface area contributed by atoms with E-state index in [1.165, 1.54) is 14.0 Å². The summed E-state index contributed by atoms with van der Waals surface area (Å²) in [7, 11) is 1.23. The molecule has 0 spiro atoms. The molecule has 1 atom stereocenters. The number of carbonyl (C=O) groups is 2. The summed E-state index contributed by atoms with van der Waals surface area (Å²) in [5, 5.41) is 0. The van der Waals surface area contributed by atoms with Crippen molar-refractivity contribution in [3.63, 3.8) is 0 Å². The van der Waals surface area contributed by atoms with Crippen molar-refractivity contribution in [1.29, 1.82) is 0 Å². The Kier molecular flexibility index (Phi) is 4.09. The topological polar surface area (TPSA) is 78.6 Å². The van der Waals surface area contributed by atoms with Gasteiger partial charge in [-0.05, 0) is 31.5 Å². The van der Waals surface area contributed by atoms with Gasteiger partial charge in [0.1, 0.15) is 0 Å². The third-order valence-corrected chi connectivity index (χ3v) is 2.41. The van der Waals surface area contributed by atoms with Gasteiger partial charge in [-0.2, -0.15) is 0 Å². The lowest BCUT2D eigenvalue weighted by Crippen LogP contribution is -2.25. The van der Waals surface area contributed by atoms with Crippen molar-refractivity contribution in [2.75, 3.05) is 12.8 Å².